The topological polar surface area (TPSA) is 104 Å². The quantitative estimate of drug-likeness (QED) is 0.425. The van der Waals surface area contributed by atoms with Crippen LogP contribution in [0.25, 0.3) is 11.3 Å². The minimum absolute atomic E-state index is 0.131. The first-order valence-corrected chi connectivity index (χ1v) is 10.4. The van der Waals surface area contributed by atoms with Gasteiger partial charge in [0.25, 0.3) is 5.09 Å². The molecule has 1 heterocycles. The predicted octanol–water partition coefficient (Wildman–Crippen LogP) is 2.75. The van der Waals surface area contributed by atoms with E-state index in [4.69, 9.17) is 0 Å². The van der Waals surface area contributed by atoms with Gasteiger partial charge in [-0.15, -0.1) is 10.1 Å². The minimum atomic E-state index is -3.30. The van der Waals surface area contributed by atoms with Crippen LogP contribution in [0.5, 0.6) is 0 Å². The summed E-state index contributed by atoms with van der Waals surface area (Å²) in [6.45, 7) is 0.0623. The fourth-order valence-electron chi connectivity index (χ4n) is 2.93. The first-order chi connectivity index (χ1) is 13.3. The molecule has 1 aromatic heterocycles. The highest BCUT2D eigenvalue weighted by molar-refractivity contribution is 7.90. The smallest absolute Gasteiger partial charge is 0.294 e. The molecule has 28 heavy (non-hydrogen) atoms. The van der Waals surface area contributed by atoms with Crippen LogP contribution in [0.3, 0.4) is 0 Å². The van der Waals surface area contributed by atoms with Crippen molar-refractivity contribution in [2.24, 2.45) is 0 Å². The third kappa shape index (κ3) is 4.74. The van der Waals surface area contributed by atoms with Gasteiger partial charge in [0.05, 0.1) is 23.3 Å². The van der Waals surface area contributed by atoms with Gasteiger partial charge in [-0.1, -0.05) is 42.5 Å². The van der Waals surface area contributed by atoms with E-state index >= 15 is 0 Å². The second-order valence-electron chi connectivity index (χ2n) is 6.26. The SMILES string of the molecule is CS(=O)(=O)c1ccc(-c2c(Cc3ccccc3)cnn2CCO[N+](=O)[O-])cc1. The number of benzene rings is 2. The van der Waals surface area contributed by atoms with E-state index in [-0.39, 0.29) is 18.0 Å². The average molecular weight is 401 g/mol. The third-order valence-corrected chi connectivity index (χ3v) is 5.34. The molecule has 146 valence electrons. The average Bonchev–Trinajstić information content (AvgIpc) is 3.04. The van der Waals surface area contributed by atoms with E-state index in [1.807, 2.05) is 30.3 Å². The summed E-state index contributed by atoms with van der Waals surface area (Å²) in [6, 6.07) is 16.4. The van der Waals surface area contributed by atoms with Crippen LogP contribution in [0.4, 0.5) is 0 Å². The summed E-state index contributed by atoms with van der Waals surface area (Å²) in [4.78, 5) is 15.1. The zero-order chi connectivity index (χ0) is 20.1. The van der Waals surface area contributed by atoms with Gasteiger partial charge in [0.2, 0.25) is 0 Å². The molecule has 9 heteroatoms. The van der Waals surface area contributed by atoms with Crippen LogP contribution in [0.2, 0.25) is 0 Å². The Balaban J connectivity index is 1.97. The highest BCUT2D eigenvalue weighted by atomic mass is 32.2. The maximum absolute atomic E-state index is 11.7. The van der Waals surface area contributed by atoms with Crippen molar-refractivity contribution in [3.05, 3.63) is 82.0 Å². The summed E-state index contributed by atoms with van der Waals surface area (Å²) >= 11 is 0. The van der Waals surface area contributed by atoms with E-state index in [2.05, 4.69) is 9.94 Å². The molecule has 0 N–H and O–H groups in total. The number of aromatic nitrogens is 2. The molecule has 0 saturated heterocycles. The first kappa shape index (κ1) is 19.6. The molecule has 0 aliphatic carbocycles. The van der Waals surface area contributed by atoms with E-state index in [0.29, 0.717) is 6.42 Å². The van der Waals surface area contributed by atoms with Crippen LogP contribution in [-0.2, 0) is 27.6 Å². The van der Waals surface area contributed by atoms with Gasteiger partial charge in [0.15, 0.2) is 9.84 Å². The fraction of sp³-hybridized carbons (Fsp3) is 0.211. The molecule has 0 aliphatic rings. The molecule has 0 atom stereocenters. The minimum Gasteiger partial charge on any atom is -0.312 e. The highest BCUT2D eigenvalue weighted by Crippen LogP contribution is 2.27. The van der Waals surface area contributed by atoms with Crippen molar-refractivity contribution in [1.82, 2.24) is 9.78 Å². The molecule has 0 radical (unpaired) electrons. The van der Waals surface area contributed by atoms with Gasteiger partial charge >= 0.3 is 0 Å². The van der Waals surface area contributed by atoms with Crippen molar-refractivity contribution < 1.29 is 18.3 Å². The van der Waals surface area contributed by atoms with Crippen LogP contribution in [-0.4, -0.2) is 36.1 Å². The summed E-state index contributed by atoms with van der Waals surface area (Å²) < 4.78 is 25.1. The van der Waals surface area contributed by atoms with Gasteiger partial charge in [-0.3, -0.25) is 4.68 Å². The van der Waals surface area contributed by atoms with Gasteiger partial charge < -0.3 is 4.84 Å². The van der Waals surface area contributed by atoms with Crippen LogP contribution in [0.15, 0.2) is 65.7 Å². The molecule has 0 bridgehead atoms. The summed E-state index contributed by atoms with van der Waals surface area (Å²) in [6.07, 6.45) is 3.50. The van der Waals surface area contributed by atoms with Crippen LogP contribution in [0.1, 0.15) is 11.1 Å². The van der Waals surface area contributed by atoms with Crippen molar-refractivity contribution in [2.45, 2.75) is 17.9 Å². The Kier molecular flexibility index (Phi) is 5.74. The Labute approximate surface area is 162 Å². The van der Waals surface area contributed by atoms with Crippen molar-refractivity contribution in [3.63, 3.8) is 0 Å². The van der Waals surface area contributed by atoms with E-state index in [1.165, 1.54) is 0 Å². The number of nitrogens with zero attached hydrogens (tertiary/aromatic N) is 3. The van der Waals surface area contributed by atoms with Gasteiger partial charge in [-0.25, -0.2) is 8.42 Å². The summed E-state index contributed by atoms with van der Waals surface area (Å²) in [5, 5.41) is 13.9. The molecule has 3 rings (SSSR count). The Morgan fingerprint density at radius 2 is 1.79 bits per heavy atom. The summed E-state index contributed by atoms with van der Waals surface area (Å²) in [5.41, 5.74) is 3.57. The zero-order valence-corrected chi connectivity index (χ0v) is 16.0. The number of sulfone groups is 1. The Hall–Kier alpha value is -3.20. The standard InChI is InChI=1S/C19H19N3O5S/c1-28(25,26)18-9-7-16(8-10-18)19-17(13-15-5-3-2-4-6-15)14-20-21(19)11-12-27-22(23)24/h2-10,14H,11-13H2,1H3. The lowest BCUT2D eigenvalue weighted by Crippen LogP contribution is -2.12. The highest BCUT2D eigenvalue weighted by Gasteiger charge is 2.15. The largest absolute Gasteiger partial charge is 0.312 e. The lowest BCUT2D eigenvalue weighted by molar-refractivity contribution is -0.758. The molecule has 0 amide bonds. The monoisotopic (exact) mass is 401 g/mol. The molecular formula is C19H19N3O5S. The number of rotatable bonds is 8. The van der Waals surface area contributed by atoms with Crippen LogP contribution < -0.4 is 0 Å². The van der Waals surface area contributed by atoms with Crippen molar-refractivity contribution in [1.29, 1.82) is 0 Å². The molecule has 0 spiro atoms. The second-order valence-corrected chi connectivity index (χ2v) is 8.27. The molecule has 0 unspecified atom stereocenters. The Bertz CT molecular complexity index is 1060. The molecule has 3 aromatic rings. The lowest BCUT2D eigenvalue weighted by atomic mass is 10.0. The third-order valence-electron chi connectivity index (χ3n) is 4.21. The molecule has 8 nitrogen and oxygen atoms in total. The maximum Gasteiger partial charge on any atom is 0.294 e. The molecule has 0 fully saturated rings. The van der Waals surface area contributed by atoms with Crippen LogP contribution in [0, 0.1) is 10.1 Å². The molecule has 2 aromatic carbocycles. The lowest BCUT2D eigenvalue weighted by Gasteiger charge is -2.11. The molecule has 0 saturated carbocycles. The van der Waals surface area contributed by atoms with Gasteiger partial charge in [-0.2, -0.15) is 5.10 Å². The predicted molar refractivity (Wildman–Crippen MR) is 103 cm³/mol. The Morgan fingerprint density at radius 1 is 1.11 bits per heavy atom. The normalized spacial score (nSPS) is 11.3. The van der Waals surface area contributed by atoms with E-state index in [0.717, 1.165) is 28.6 Å². The molecule has 0 aliphatic heterocycles. The van der Waals surface area contributed by atoms with E-state index in [9.17, 15) is 18.5 Å². The van der Waals surface area contributed by atoms with Crippen molar-refractivity contribution in [2.75, 3.05) is 12.9 Å². The van der Waals surface area contributed by atoms with Gasteiger partial charge in [0.1, 0.15) is 6.61 Å². The maximum atomic E-state index is 11.7. The van der Waals surface area contributed by atoms with E-state index in [1.54, 1.807) is 35.1 Å². The Morgan fingerprint density at radius 3 is 2.39 bits per heavy atom. The van der Waals surface area contributed by atoms with Gasteiger partial charge in [0, 0.05) is 23.8 Å². The first-order valence-electron chi connectivity index (χ1n) is 8.51. The van der Waals surface area contributed by atoms with Gasteiger partial charge in [-0.05, 0) is 17.7 Å². The summed E-state index contributed by atoms with van der Waals surface area (Å²) in [5.74, 6) is 0. The second kappa shape index (κ2) is 8.22. The summed E-state index contributed by atoms with van der Waals surface area (Å²) in [7, 11) is -3.30. The van der Waals surface area contributed by atoms with Crippen molar-refractivity contribution >= 4 is 9.84 Å². The van der Waals surface area contributed by atoms with Crippen LogP contribution >= 0.6 is 0 Å². The molecular weight excluding hydrogens is 382 g/mol. The van der Waals surface area contributed by atoms with E-state index < -0.39 is 14.9 Å². The van der Waals surface area contributed by atoms with Crippen molar-refractivity contribution in [3.8, 4) is 11.3 Å². The number of hydrogen-bond acceptors (Lipinski definition) is 6. The zero-order valence-electron chi connectivity index (χ0n) is 15.2. The number of hydrogen-bond donors (Lipinski definition) is 0. The fourth-order valence-corrected chi connectivity index (χ4v) is 3.57.